The van der Waals surface area contributed by atoms with Crippen LogP contribution in [0.4, 0.5) is 26.7 Å². The van der Waals surface area contributed by atoms with Gasteiger partial charge in [0.05, 0.1) is 18.1 Å². The highest BCUT2D eigenvalue weighted by atomic mass is 16.6. The molecule has 2 amide bonds. The van der Waals surface area contributed by atoms with Gasteiger partial charge in [-0.3, -0.25) is 10.1 Å². The summed E-state index contributed by atoms with van der Waals surface area (Å²) in [6.07, 6.45) is -2.11. The van der Waals surface area contributed by atoms with E-state index in [0.717, 1.165) is 0 Å². The van der Waals surface area contributed by atoms with Crippen LogP contribution in [0.5, 0.6) is 0 Å². The largest absolute Gasteiger partial charge is 0.443 e. The second-order valence-corrected chi connectivity index (χ2v) is 8.83. The van der Waals surface area contributed by atoms with Gasteiger partial charge in [-0.1, -0.05) is 0 Å². The molecule has 0 aromatic heterocycles. The molecular weight excluding hydrogens is 394 g/mol. The molecule has 1 aliphatic heterocycles. The molecule has 1 fully saturated rings. The van der Waals surface area contributed by atoms with Crippen LogP contribution in [0.25, 0.3) is 0 Å². The fourth-order valence-electron chi connectivity index (χ4n) is 2.75. The minimum absolute atomic E-state index is 0.215. The van der Waals surface area contributed by atoms with E-state index in [4.69, 9.17) is 14.2 Å². The highest BCUT2D eigenvalue weighted by Gasteiger charge is 2.37. The van der Waals surface area contributed by atoms with Crippen LogP contribution in [0.15, 0.2) is 18.2 Å². The van der Waals surface area contributed by atoms with Crippen LogP contribution in [-0.4, -0.2) is 54.6 Å². The third-order valence-electron chi connectivity index (χ3n) is 3.92. The predicted molar refractivity (Wildman–Crippen MR) is 111 cm³/mol. The Bertz CT molecular complexity index is 778. The van der Waals surface area contributed by atoms with Crippen molar-refractivity contribution in [1.82, 2.24) is 0 Å². The van der Waals surface area contributed by atoms with Crippen LogP contribution in [0.2, 0.25) is 0 Å². The van der Waals surface area contributed by atoms with E-state index in [-0.39, 0.29) is 5.69 Å². The molecule has 0 N–H and O–H groups in total. The number of anilines is 2. The van der Waals surface area contributed by atoms with Crippen LogP contribution >= 0.6 is 0 Å². The molecule has 10 nitrogen and oxygen atoms in total. The number of carbonyl (C=O) groups excluding carboxylic acids is 2. The maximum atomic E-state index is 12.9. The first kappa shape index (κ1) is 23.4. The number of nitro groups is 1. The van der Waals surface area contributed by atoms with Gasteiger partial charge < -0.3 is 19.1 Å². The Morgan fingerprint density at radius 1 is 1.03 bits per heavy atom. The van der Waals surface area contributed by atoms with Crippen molar-refractivity contribution in [3.8, 4) is 0 Å². The molecule has 10 heteroatoms. The summed E-state index contributed by atoms with van der Waals surface area (Å²) in [5.41, 5.74) is -1.85. The number of ether oxygens (including phenoxy) is 3. The molecule has 0 unspecified atom stereocenters. The number of amides is 2. The Morgan fingerprint density at radius 3 is 1.97 bits per heavy atom. The summed E-state index contributed by atoms with van der Waals surface area (Å²) < 4.78 is 16.0. The molecule has 0 atom stereocenters. The standard InChI is InChI=1S/C20H29N3O7/c1-19(2,3)29-17(24)22(18(25)30-20(4,5)6)16-13-14(7-8-15(16)23(26)27)21-9-11-28-12-10-21/h7-8,13H,9-12H2,1-6H3. The lowest BCUT2D eigenvalue weighted by molar-refractivity contribution is -0.384. The summed E-state index contributed by atoms with van der Waals surface area (Å²) in [6, 6.07) is 4.27. The van der Waals surface area contributed by atoms with Gasteiger partial charge in [-0.25, -0.2) is 9.59 Å². The molecule has 0 saturated carbocycles. The number of rotatable bonds is 3. The first-order valence-electron chi connectivity index (χ1n) is 9.66. The monoisotopic (exact) mass is 423 g/mol. The van der Waals surface area contributed by atoms with Gasteiger partial charge in [0.1, 0.15) is 16.9 Å². The van der Waals surface area contributed by atoms with Crippen molar-refractivity contribution in [3.05, 3.63) is 28.3 Å². The van der Waals surface area contributed by atoms with Gasteiger partial charge in [-0.05, 0) is 53.7 Å². The van der Waals surface area contributed by atoms with Crippen LogP contribution < -0.4 is 9.80 Å². The lowest BCUT2D eigenvalue weighted by Gasteiger charge is -2.31. The molecular formula is C20H29N3O7. The van der Waals surface area contributed by atoms with E-state index in [1.54, 1.807) is 47.6 Å². The Hall–Kier alpha value is -2.88. The van der Waals surface area contributed by atoms with Crippen molar-refractivity contribution >= 4 is 29.2 Å². The maximum absolute atomic E-state index is 12.9. The number of imide groups is 1. The number of carbonyl (C=O) groups is 2. The van der Waals surface area contributed by atoms with Crippen molar-refractivity contribution in [2.75, 3.05) is 36.1 Å². The number of hydrogen-bond acceptors (Lipinski definition) is 8. The van der Waals surface area contributed by atoms with Crippen LogP contribution in [-0.2, 0) is 14.2 Å². The number of hydrogen-bond donors (Lipinski definition) is 0. The smallest absolute Gasteiger partial charge is 0.424 e. The van der Waals surface area contributed by atoms with E-state index in [0.29, 0.717) is 36.9 Å². The van der Waals surface area contributed by atoms with E-state index in [9.17, 15) is 19.7 Å². The van der Waals surface area contributed by atoms with Gasteiger partial charge in [0.25, 0.3) is 5.69 Å². The van der Waals surface area contributed by atoms with Crippen LogP contribution in [0, 0.1) is 10.1 Å². The molecule has 0 radical (unpaired) electrons. The van der Waals surface area contributed by atoms with Gasteiger partial charge in [-0.2, -0.15) is 4.90 Å². The summed E-state index contributed by atoms with van der Waals surface area (Å²) in [6.45, 7) is 12.0. The van der Waals surface area contributed by atoms with Crippen molar-refractivity contribution in [2.45, 2.75) is 52.7 Å². The molecule has 0 bridgehead atoms. The van der Waals surface area contributed by atoms with Gasteiger partial charge in [0.2, 0.25) is 0 Å². The fourth-order valence-corrected chi connectivity index (χ4v) is 2.75. The molecule has 1 saturated heterocycles. The van der Waals surface area contributed by atoms with Gasteiger partial charge >= 0.3 is 12.2 Å². The third kappa shape index (κ3) is 6.31. The summed E-state index contributed by atoms with van der Waals surface area (Å²) in [5.74, 6) is 0. The van der Waals surface area contributed by atoms with Crippen molar-refractivity contribution in [2.24, 2.45) is 0 Å². The van der Waals surface area contributed by atoms with Gasteiger partial charge in [0, 0.05) is 24.8 Å². The first-order valence-corrected chi connectivity index (χ1v) is 9.66. The molecule has 1 heterocycles. The zero-order valence-corrected chi connectivity index (χ0v) is 18.3. The second kappa shape index (κ2) is 8.86. The second-order valence-electron chi connectivity index (χ2n) is 8.83. The van der Waals surface area contributed by atoms with E-state index in [1.165, 1.54) is 12.1 Å². The highest BCUT2D eigenvalue weighted by Crippen LogP contribution is 2.35. The average Bonchev–Trinajstić information content (AvgIpc) is 2.59. The van der Waals surface area contributed by atoms with Crippen LogP contribution in [0.1, 0.15) is 41.5 Å². The quantitative estimate of drug-likeness (QED) is 0.527. The zero-order valence-electron chi connectivity index (χ0n) is 18.3. The van der Waals surface area contributed by atoms with E-state index < -0.39 is 34.0 Å². The minimum Gasteiger partial charge on any atom is -0.443 e. The first-order chi connectivity index (χ1) is 13.8. The molecule has 30 heavy (non-hydrogen) atoms. The lowest BCUT2D eigenvalue weighted by Crippen LogP contribution is -2.44. The maximum Gasteiger partial charge on any atom is 0.424 e. The predicted octanol–water partition coefficient (Wildman–Crippen LogP) is 4.11. The number of nitro benzene ring substituents is 1. The van der Waals surface area contributed by atoms with Gasteiger partial charge in [0.15, 0.2) is 0 Å². The van der Waals surface area contributed by atoms with Crippen LogP contribution in [0.3, 0.4) is 0 Å². The summed E-state index contributed by atoms with van der Waals surface area (Å²) >= 11 is 0. The average molecular weight is 423 g/mol. The van der Waals surface area contributed by atoms with E-state index >= 15 is 0 Å². The number of benzene rings is 1. The SMILES string of the molecule is CC(C)(C)OC(=O)N(C(=O)OC(C)(C)C)c1cc(N2CCOCC2)ccc1[N+](=O)[O-]. The Labute approximate surface area is 175 Å². The minimum atomic E-state index is -1.06. The molecule has 1 aromatic carbocycles. The molecule has 1 aliphatic rings. The number of morpholine rings is 1. The van der Waals surface area contributed by atoms with E-state index in [1.807, 2.05) is 4.90 Å². The summed E-state index contributed by atoms with van der Waals surface area (Å²) in [7, 11) is 0. The van der Waals surface area contributed by atoms with Crippen molar-refractivity contribution < 1.29 is 28.7 Å². The summed E-state index contributed by atoms with van der Waals surface area (Å²) in [5, 5.41) is 11.7. The highest BCUT2D eigenvalue weighted by molar-refractivity contribution is 6.11. The topological polar surface area (TPSA) is 111 Å². The fraction of sp³-hybridized carbons (Fsp3) is 0.600. The Balaban J connectivity index is 2.56. The van der Waals surface area contributed by atoms with Crippen molar-refractivity contribution in [3.63, 3.8) is 0 Å². The van der Waals surface area contributed by atoms with Crippen molar-refractivity contribution in [1.29, 1.82) is 0 Å². The molecule has 166 valence electrons. The third-order valence-corrected chi connectivity index (χ3v) is 3.92. The summed E-state index contributed by atoms with van der Waals surface area (Å²) in [4.78, 5) is 39.3. The number of nitrogens with zero attached hydrogens (tertiary/aromatic N) is 3. The van der Waals surface area contributed by atoms with E-state index in [2.05, 4.69) is 0 Å². The lowest BCUT2D eigenvalue weighted by atomic mass is 10.2. The molecule has 0 aliphatic carbocycles. The zero-order chi connectivity index (χ0) is 22.7. The normalized spacial score (nSPS) is 14.8. The molecule has 1 aromatic rings. The van der Waals surface area contributed by atoms with Gasteiger partial charge in [-0.15, -0.1) is 0 Å². The molecule has 2 rings (SSSR count). The molecule has 0 spiro atoms. The Kier molecular flexibility index (Phi) is 6.91. The Morgan fingerprint density at radius 2 is 1.53 bits per heavy atom.